The van der Waals surface area contributed by atoms with Crippen LogP contribution in [0.25, 0.3) is 0 Å². The van der Waals surface area contributed by atoms with Crippen molar-refractivity contribution < 1.29 is 0 Å². The summed E-state index contributed by atoms with van der Waals surface area (Å²) in [7, 11) is 0. The molecule has 2 rings (SSSR count). The molecular formula is C18H21ClN2S2. The Morgan fingerprint density at radius 2 is 2.13 bits per heavy atom. The molecule has 1 aromatic carbocycles. The Bertz CT molecular complexity index is 623. The van der Waals surface area contributed by atoms with Crippen LogP contribution in [0.5, 0.6) is 0 Å². The minimum absolute atomic E-state index is 0.300. The van der Waals surface area contributed by atoms with E-state index in [0.717, 1.165) is 23.1 Å². The van der Waals surface area contributed by atoms with E-state index in [4.69, 9.17) is 23.8 Å². The van der Waals surface area contributed by atoms with Gasteiger partial charge in [0.05, 0.1) is 0 Å². The summed E-state index contributed by atoms with van der Waals surface area (Å²) in [4.78, 5) is 3.59. The van der Waals surface area contributed by atoms with Crippen molar-refractivity contribution in [1.29, 1.82) is 0 Å². The Labute approximate surface area is 152 Å². The molecular weight excluding hydrogens is 344 g/mol. The standard InChI is InChI=1S/C18H21ClN2S2/c1-3-10-20-18(22)21(13-15-6-8-16(19)9-7-15)14(2)12-17-5-4-11-23-17/h3-9,11,14H,1,10,12-13H2,2H3,(H,20,22)/t14-/m1/s1. The SMILES string of the molecule is C=CCNC(=S)N(Cc1ccc(Cl)cc1)[C@H](C)Cc1cccs1. The molecule has 1 heterocycles. The highest BCUT2D eigenvalue weighted by Gasteiger charge is 2.18. The lowest BCUT2D eigenvalue weighted by Crippen LogP contribution is -2.45. The van der Waals surface area contributed by atoms with Crippen molar-refractivity contribution in [1.82, 2.24) is 10.2 Å². The Morgan fingerprint density at radius 3 is 2.74 bits per heavy atom. The second-order valence-corrected chi connectivity index (χ2v) is 7.22. The average Bonchev–Trinajstić information content (AvgIpc) is 3.04. The monoisotopic (exact) mass is 364 g/mol. The van der Waals surface area contributed by atoms with Crippen LogP contribution in [0, 0.1) is 0 Å². The molecule has 0 unspecified atom stereocenters. The van der Waals surface area contributed by atoms with E-state index in [2.05, 4.69) is 41.2 Å². The molecule has 0 aliphatic heterocycles. The summed E-state index contributed by atoms with van der Waals surface area (Å²) >= 11 is 13.3. The number of hydrogen-bond donors (Lipinski definition) is 1. The van der Waals surface area contributed by atoms with Gasteiger partial charge >= 0.3 is 0 Å². The fourth-order valence-corrected chi connectivity index (χ4v) is 3.59. The first kappa shape index (κ1) is 18.0. The van der Waals surface area contributed by atoms with Crippen LogP contribution in [0.1, 0.15) is 17.4 Å². The van der Waals surface area contributed by atoms with Gasteiger partial charge in [0.1, 0.15) is 0 Å². The molecule has 0 bridgehead atoms. The summed E-state index contributed by atoms with van der Waals surface area (Å²) in [5.74, 6) is 0. The van der Waals surface area contributed by atoms with Crippen LogP contribution in [0.4, 0.5) is 0 Å². The van der Waals surface area contributed by atoms with Crippen LogP contribution in [0.15, 0.2) is 54.4 Å². The van der Waals surface area contributed by atoms with Crippen molar-refractivity contribution >= 4 is 40.3 Å². The van der Waals surface area contributed by atoms with Gasteiger partial charge < -0.3 is 10.2 Å². The van der Waals surface area contributed by atoms with Crippen LogP contribution < -0.4 is 5.32 Å². The van der Waals surface area contributed by atoms with E-state index in [0.29, 0.717) is 12.6 Å². The number of rotatable bonds is 7. The first-order valence-electron chi connectivity index (χ1n) is 7.52. The van der Waals surface area contributed by atoms with Crippen LogP contribution in [0.3, 0.4) is 0 Å². The minimum atomic E-state index is 0.300. The lowest BCUT2D eigenvalue weighted by Gasteiger charge is -2.32. The first-order valence-corrected chi connectivity index (χ1v) is 9.19. The van der Waals surface area contributed by atoms with Gasteiger partial charge in [-0.2, -0.15) is 0 Å². The molecule has 0 fully saturated rings. The predicted octanol–water partition coefficient (Wildman–Crippen LogP) is 4.90. The van der Waals surface area contributed by atoms with E-state index in [1.165, 1.54) is 10.4 Å². The third-order valence-electron chi connectivity index (χ3n) is 3.53. The van der Waals surface area contributed by atoms with E-state index in [1.54, 1.807) is 11.3 Å². The summed E-state index contributed by atoms with van der Waals surface area (Å²) in [6.07, 6.45) is 2.79. The summed E-state index contributed by atoms with van der Waals surface area (Å²) in [5.41, 5.74) is 1.19. The number of nitrogens with one attached hydrogen (secondary N) is 1. The van der Waals surface area contributed by atoms with Gasteiger partial charge in [-0.15, -0.1) is 17.9 Å². The van der Waals surface area contributed by atoms with Gasteiger partial charge in [-0.25, -0.2) is 0 Å². The van der Waals surface area contributed by atoms with Crippen molar-refractivity contribution in [3.63, 3.8) is 0 Å². The fourth-order valence-electron chi connectivity index (χ4n) is 2.31. The Kier molecular flexibility index (Phi) is 7.09. The summed E-state index contributed by atoms with van der Waals surface area (Å²) < 4.78 is 0. The minimum Gasteiger partial charge on any atom is -0.359 e. The lowest BCUT2D eigenvalue weighted by molar-refractivity contribution is 0.318. The lowest BCUT2D eigenvalue weighted by atomic mass is 10.1. The number of benzene rings is 1. The van der Waals surface area contributed by atoms with E-state index in [-0.39, 0.29) is 0 Å². The van der Waals surface area contributed by atoms with Gasteiger partial charge in [-0.1, -0.05) is 35.9 Å². The molecule has 1 aromatic heterocycles. The molecule has 122 valence electrons. The maximum atomic E-state index is 5.98. The van der Waals surface area contributed by atoms with Gasteiger partial charge in [0.25, 0.3) is 0 Å². The number of nitrogens with zero attached hydrogens (tertiary/aromatic N) is 1. The Morgan fingerprint density at radius 1 is 1.39 bits per heavy atom. The highest BCUT2D eigenvalue weighted by atomic mass is 35.5. The van der Waals surface area contributed by atoms with E-state index in [1.807, 2.05) is 30.3 Å². The Balaban J connectivity index is 2.11. The maximum absolute atomic E-state index is 5.98. The van der Waals surface area contributed by atoms with Gasteiger partial charge in [0.15, 0.2) is 5.11 Å². The zero-order chi connectivity index (χ0) is 16.7. The zero-order valence-corrected chi connectivity index (χ0v) is 15.6. The fraction of sp³-hybridized carbons (Fsp3) is 0.278. The molecule has 0 aliphatic rings. The van der Waals surface area contributed by atoms with Crippen molar-refractivity contribution in [3.05, 3.63) is 69.9 Å². The predicted molar refractivity (Wildman–Crippen MR) is 105 cm³/mol. The van der Waals surface area contributed by atoms with E-state index in [9.17, 15) is 0 Å². The van der Waals surface area contributed by atoms with Crippen LogP contribution >= 0.6 is 35.2 Å². The third kappa shape index (κ3) is 5.65. The molecule has 2 aromatic rings. The number of hydrogen-bond acceptors (Lipinski definition) is 2. The number of thiophene rings is 1. The van der Waals surface area contributed by atoms with Crippen molar-refractivity contribution in [2.75, 3.05) is 6.54 Å². The second kappa shape index (κ2) is 9.06. The molecule has 0 aliphatic carbocycles. The van der Waals surface area contributed by atoms with Gasteiger partial charge in [0, 0.05) is 35.5 Å². The molecule has 0 saturated heterocycles. The summed E-state index contributed by atoms with van der Waals surface area (Å²) in [6.45, 7) is 7.37. The van der Waals surface area contributed by atoms with Gasteiger partial charge in [-0.05, 0) is 48.3 Å². The normalized spacial score (nSPS) is 11.7. The molecule has 1 N–H and O–H groups in total. The highest BCUT2D eigenvalue weighted by Crippen LogP contribution is 2.18. The van der Waals surface area contributed by atoms with Gasteiger partial charge in [0.2, 0.25) is 0 Å². The second-order valence-electron chi connectivity index (χ2n) is 5.36. The molecule has 2 nitrogen and oxygen atoms in total. The first-order chi connectivity index (χ1) is 11.1. The largest absolute Gasteiger partial charge is 0.359 e. The van der Waals surface area contributed by atoms with E-state index >= 15 is 0 Å². The molecule has 0 amide bonds. The molecule has 0 radical (unpaired) electrons. The summed E-state index contributed by atoms with van der Waals surface area (Å²) in [5, 5.41) is 6.86. The van der Waals surface area contributed by atoms with Crippen LogP contribution in [0.2, 0.25) is 5.02 Å². The molecule has 23 heavy (non-hydrogen) atoms. The molecule has 1 atom stereocenters. The highest BCUT2D eigenvalue weighted by molar-refractivity contribution is 7.80. The van der Waals surface area contributed by atoms with Crippen molar-refractivity contribution in [2.45, 2.75) is 25.9 Å². The number of halogens is 1. The average molecular weight is 365 g/mol. The smallest absolute Gasteiger partial charge is 0.169 e. The van der Waals surface area contributed by atoms with E-state index < -0.39 is 0 Å². The molecule has 0 spiro atoms. The quantitative estimate of drug-likeness (QED) is 0.556. The van der Waals surface area contributed by atoms with Crippen LogP contribution in [-0.2, 0) is 13.0 Å². The van der Waals surface area contributed by atoms with Crippen molar-refractivity contribution in [2.24, 2.45) is 0 Å². The Hall–Kier alpha value is -1.36. The number of thiocarbonyl (C=S) groups is 1. The summed E-state index contributed by atoms with van der Waals surface area (Å²) in [6, 6.07) is 12.5. The maximum Gasteiger partial charge on any atom is 0.169 e. The van der Waals surface area contributed by atoms with Gasteiger partial charge in [-0.3, -0.25) is 0 Å². The van der Waals surface area contributed by atoms with Crippen LogP contribution in [-0.4, -0.2) is 22.6 Å². The van der Waals surface area contributed by atoms with Crippen molar-refractivity contribution in [3.8, 4) is 0 Å². The molecule has 5 heteroatoms. The topological polar surface area (TPSA) is 15.3 Å². The zero-order valence-electron chi connectivity index (χ0n) is 13.2. The third-order valence-corrected chi connectivity index (χ3v) is 5.06. The molecule has 0 saturated carbocycles.